The number of nitrogens with zero attached hydrogens (tertiary/aromatic N) is 1. The number of benzene rings is 1. The van der Waals surface area contributed by atoms with Crippen LogP contribution in [0.5, 0.6) is 0 Å². The average molecular weight is 326 g/mol. The van der Waals surface area contributed by atoms with Gasteiger partial charge in [-0.25, -0.2) is 0 Å². The second-order valence-corrected chi connectivity index (χ2v) is 5.12. The third-order valence-electron chi connectivity index (χ3n) is 2.52. The lowest BCUT2D eigenvalue weighted by Crippen LogP contribution is -2.07. The number of hydrogen-bond acceptors (Lipinski definition) is 3. The molecule has 3 nitrogen and oxygen atoms in total. The number of pyridine rings is 1. The topological polar surface area (TPSA) is 56.0 Å². The van der Waals surface area contributed by atoms with Gasteiger partial charge in [0, 0.05) is 34.5 Å². The molecule has 0 spiro atoms. The van der Waals surface area contributed by atoms with E-state index in [0.717, 1.165) is 10.0 Å². The molecule has 0 saturated heterocycles. The number of rotatable bonds is 3. The minimum Gasteiger partial charge on any atom is -0.398 e. The summed E-state index contributed by atoms with van der Waals surface area (Å²) < 4.78 is 0.820. The summed E-state index contributed by atoms with van der Waals surface area (Å²) >= 11 is 9.29. The van der Waals surface area contributed by atoms with Crippen molar-refractivity contribution >= 4 is 39.0 Å². The maximum Gasteiger partial charge on any atom is 0.169 e. The van der Waals surface area contributed by atoms with E-state index in [0.29, 0.717) is 16.3 Å². The van der Waals surface area contributed by atoms with Crippen LogP contribution in [0.1, 0.15) is 15.9 Å². The van der Waals surface area contributed by atoms with Crippen LogP contribution >= 0.6 is 27.5 Å². The molecule has 2 aromatic rings. The molecule has 0 amide bonds. The molecule has 0 aliphatic rings. The number of nitrogen functional groups attached to an aromatic ring is 1. The van der Waals surface area contributed by atoms with Gasteiger partial charge < -0.3 is 5.73 Å². The third-order valence-corrected chi connectivity index (χ3v) is 3.36. The van der Waals surface area contributed by atoms with Gasteiger partial charge in [0.1, 0.15) is 0 Å². The molecule has 0 fully saturated rings. The first-order chi connectivity index (χ1) is 8.58. The van der Waals surface area contributed by atoms with Gasteiger partial charge in [0.05, 0.1) is 5.02 Å². The van der Waals surface area contributed by atoms with Crippen molar-refractivity contribution in [3.8, 4) is 0 Å². The second kappa shape index (κ2) is 5.50. The Balaban J connectivity index is 2.28. The van der Waals surface area contributed by atoms with Gasteiger partial charge in [-0.15, -0.1) is 0 Å². The molecular weight excluding hydrogens is 316 g/mol. The summed E-state index contributed by atoms with van der Waals surface area (Å²) in [7, 11) is 0. The zero-order valence-electron chi connectivity index (χ0n) is 9.36. The summed E-state index contributed by atoms with van der Waals surface area (Å²) in [5.74, 6) is -0.0677. The molecule has 0 atom stereocenters. The Kier molecular flexibility index (Phi) is 3.99. The zero-order valence-corrected chi connectivity index (χ0v) is 11.7. The molecular formula is C13H10BrClN2O. The van der Waals surface area contributed by atoms with Crippen molar-refractivity contribution in [1.29, 1.82) is 0 Å². The summed E-state index contributed by atoms with van der Waals surface area (Å²) in [5, 5.41) is 0.486. The Morgan fingerprint density at radius 3 is 2.89 bits per heavy atom. The summed E-state index contributed by atoms with van der Waals surface area (Å²) in [6.07, 6.45) is 3.34. The fourth-order valence-electron chi connectivity index (χ4n) is 1.59. The van der Waals surface area contributed by atoms with Gasteiger partial charge in [0.25, 0.3) is 0 Å². The highest BCUT2D eigenvalue weighted by Gasteiger charge is 2.12. The molecule has 0 unspecified atom stereocenters. The number of hydrogen-bond donors (Lipinski definition) is 1. The molecule has 0 aliphatic heterocycles. The van der Waals surface area contributed by atoms with E-state index in [1.165, 1.54) is 6.20 Å². The summed E-state index contributed by atoms with van der Waals surface area (Å²) in [6, 6.07) is 6.94. The van der Waals surface area contributed by atoms with E-state index in [2.05, 4.69) is 20.9 Å². The van der Waals surface area contributed by atoms with Crippen LogP contribution < -0.4 is 5.73 Å². The van der Waals surface area contributed by atoms with Crippen LogP contribution in [0.3, 0.4) is 0 Å². The van der Waals surface area contributed by atoms with E-state index >= 15 is 0 Å². The monoisotopic (exact) mass is 324 g/mol. The van der Waals surface area contributed by atoms with E-state index < -0.39 is 0 Å². The van der Waals surface area contributed by atoms with Gasteiger partial charge in [0.2, 0.25) is 0 Å². The van der Waals surface area contributed by atoms with Crippen molar-refractivity contribution in [1.82, 2.24) is 4.98 Å². The van der Waals surface area contributed by atoms with E-state index in [9.17, 15) is 4.79 Å². The molecule has 0 radical (unpaired) electrons. The number of halogens is 2. The fraction of sp³-hybridized carbons (Fsp3) is 0.0769. The first kappa shape index (κ1) is 13.1. The number of aromatic nitrogens is 1. The van der Waals surface area contributed by atoms with Gasteiger partial charge in [-0.05, 0) is 29.8 Å². The first-order valence-electron chi connectivity index (χ1n) is 5.24. The molecule has 0 saturated carbocycles. The lowest BCUT2D eigenvalue weighted by atomic mass is 10.0. The molecule has 92 valence electrons. The van der Waals surface area contributed by atoms with Crippen LogP contribution in [0.2, 0.25) is 5.02 Å². The predicted octanol–water partition coefficient (Wildman–Crippen LogP) is 3.51. The Hall–Kier alpha value is -1.39. The normalized spacial score (nSPS) is 10.3. The van der Waals surface area contributed by atoms with Gasteiger partial charge in [-0.1, -0.05) is 27.5 Å². The lowest BCUT2D eigenvalue weighted by molar-refractivity contribution is 0.0994. The molecule has 0 bridgehead atoms. The molecule has 18 heavy (non-hydrogen) atoms. The van der Waals surface area contributed by atoms with Crippen LogP contribution in [-0.4, -0.2) is 10.8 Å². The Morgan fingerprint density at radius 1 is 1.39 bits per heavy atom. The minimum atomic E-state index is -0.0677. The van der Waals surface area contributed by atoms with Crippen molar-refractivity contribution in [2.75, 3.05) is 5.73 Å². The highest BCUT2D eigenvalue weighted by molar-refractivity contribution is 9.10. The summed E-state index contributed by atoms with van der Waals surface area (Å²) in [6.45, 7) is 0. The van der Waals surface area contributed by atoms with E-state index in [1.54, 1.807) is 30.5 Å². The predicted molar refractivity (Wildman–Crippen MR) is 75.8 cm³/mol. The number of ketones is 1. The van der Waals surface area contributed by atoms with Crippen molar-refractivity contribution in [2.45, 2.75) is 6.42 Å². The fourth-order valence-corrected chi connectivity index (χ4v) is 2.13. The van der Waals surface area contributed by atoms with Crippen molar-refractivity contribution in [3.05, 3.63) is 57.3 Å². The van der Waals surface area contributed by atoms with Crippen LogP contribution in [-0.2, 0) is 6.42 Å². The number of carbonyl (C=O) groups excluding carboxylic acids is 1. The van der Waals surface area contributed by atoms with E-state index in [1.807, 2.05) is 0 Å². The van der Waals surface area contributed by atoms with Crippen molar-refractivity contribution in [3.63, 3.8) is 0 Å². The van der Waals surface area contributed by atoms with Crippen LogP contribution in [0.25, 0.3) is 0 Å². The maximum atomic E-state index is 12.2. The molecule has 0 aliphatic carbocycles. The molecule has 1 aromatic heterocycles. The Labute approximate surface area is 118 Å². The summed E-state index contributed by atoms with van der Waals surface area (Å²) in [5.41, 5.74) is 7.50. The van der Waals surface area contributed by atoms with Crippen LogP contribution in [0.4, 0.5) is 5.69 Å². The van der Waals surface area contributed by atoms with Crippen molar-refractivity contribution in [2.24, 2.45) is 0 Å². The molecule has 2 rings (SSSR count). The van der Waals surface area contributed by atoms with E-state index in [-0.39, 0.29) is 12.2 Å². The number of anilines is 1. The smallest absolute Gasteiger partial charge is 0.169 e. The highest BCUT2D eigenvalue weighted by Crippen LogP contribution is 2.22. The minimum absolute atomic E-state index is 0.0677. The quantitative estimate of drug-likeness (QED) is 0.694. The standard InChI is InChI=1S/C13H10BrClN2O/c14-9-1-2-12(16)10(6-9)13(18)5-8-3-4-17-7-11(8)15/h1-4,6-7H,5,16H2. The Morgan fingerprint density at radius 2 is 2.17 bits per heavy atom. The molecule has 1 heterocycles. The maximum absolute atomic E-state index is 12.2. The van der Waals surface area contributed by atoms with Crippen LogP contribution in [0, 0.1) is 0 Å². The van der Waals surface area contributed by atoms with Gasteiger partial charge >= 0.3 is 0 Å². The second-order valence-electron chi connectivity index (χ2n) is 3.80. The summed E-state index contributed by atoms with van der Waals surface area (Å²) in [4.78, 5) is 16.0. The molecule has 5 heteroatoms. The first-order valence-corrected chi connectivity index (χ1v) is 6.41. The molecule has 1 aromatic carbocycles. The average Bonchev–Trinajstić information content (AvgIpc) is 2.35. The van der Waals surface area contributed by atoms with Crippen LogP contribution in [0.15, 0.2) is 41.1 Å². The van der Waals surface area contributed by atoms with Gasteiger partial charge in [0.15, 0.2) is 5.78 Å². The van der Waals surface area contributed by atoms with E-state index in [4.69, 9.17) is 17.3 Å². The lowest BCUT2D eigenvalue weighted by Gasteiger charge is -2.06. The zero-order chi connectivity index (χ0) is 13.1. The number of nitrogens with two attached hydrogens (primary N) is 1. The highest BCUT2D eigenvalue weighted by atomic mass is 79.9. The third kappa shape index (κ3) is 2.89. The number of Topliss-reactive ketones (excluding diaryl/α,β-unsaturated/α-hetero) is 1. The SMILES string of the molecule is Nc1ccc(Br)cc1C(=O)Cc1ccncc1Cl. The van der Waals surface area contributed by atoms with Gasteiger partial charge in [-0.2, -0.15) is 0 Å². The molecule has 2 N–H and O–H groups in total. The van der Waals surface area contributed by atoms with Gasteiger partial charge in [-0.3, -0.25) is 9.78 Å². The largest absolute Gasteiger partial charge is 0.398 e. The van der Waals surface area contributed by atoms with Crippen molar-refractivity contribution < 1.29 is 4.79 Å². The number of carbonyl (C=O) groups is 1. The Bertz CT molecular complexity index is 601.